The van der Waals surface area contributed by atoms with E-state index in [1.165, 1.54) is 18.3 Å². The second kappa shape index (κ2) is 6.50. The van der Waals surface area contributed by atoms with Gasteiger partial charge < -0.3 is 5.32 Å². The third-order valence-corrected chi connectivity index (χ3v) is 4.53. The molecule has 0 bridgehead atoms. The van der Waals surface area contributed by atoms with E-state index in [0.29, 0.717) is 10.7 Å². The van der Waals surface area contributed by atoms with Crippen LogP contribution in [0, 0.1) is 11.3 Å². The Morgan fingerprint density at radius 1 is 1.50 bits per heavy atom. The van der Waals surface area contributed by atoms with Crippen LogP contribution in [0.1, 0.15) is 30.2 Å². The molecule has 0 saturated carbocycles. The highest BCUT2D eigenvalue weighted by atomic mass is 32.2. The molecule has 102 valence electrons. The van der Waals surface area contributed by atoms with Crippen molar-refractivity contribution in [3.05, 3.63) is 35.4 Å². The molecule has 1 aromatic carbocycles. The van der Waals surface area contributed by atoms with E-state index in [2.05, 4.69) is 21.6 Å². The molecule has 1 atom stereocenters. The molecular weight excluding hydrogens is 292 g/mol. The van der Waals surface area contributed by atoms with E-state index in [-0.39, 0.29) is 11.2 Å². The predicted octanol–water partition coefficient (Wildman–Crippen LogP) is 3.22. The van der Waals surface area contributed by atoms with Crippen LogP contribution >= 0.6 is 23.1 Å². The first kappa shape index (κ1) is 14.5. The van der Waals surface area contributed by atoms with E-state index in [4.69, 9.17) is 5.26 Å². The molecule has 0 aliphatic carbocycles. The zero-order valence-electron chi connectivity index (χ0n) is 11.0. The summed E-state index contributed by atoms with van der Waals surface area (Å²) in [5.74, 6) is -0.160. The molecule has 0 spiro atoms. The lowest BCUT2D eigenvalue weighted by atomic mass is 10.1. The van der Waals surface area contributed by atoms with E-state index < -0.39 is 0 Å². The smallest absolute Gasteiger partial charge is 0.223 e. The molecule has 0 aliphatic rings. The van der Waals surface area contributed by atoms with Crippen LogP contribution in [0.5, 0.6) is 0 Å². The Balaban J connectivity index is 2.07. The highest BCUT2D eigenvalue weighted by molar-refractivity contribution is 8.01. The van der Waals surface area contributed by atoms with E-state index in [1.54, 1.807) is 17.8 Å². The Bertz CT molecular complexity index is 662. The zero-order valence-corrected chi connectivity index (χ0v) is 12.6. The molecule has 0 fully saturated rings. The summed E-state index contributed by atoms with van der Waals surface area (Å²) in [5, 5.41) is 20.1. The first-order valence-electron chi connectivity index (χ1n) is 5.86. The van der Waals surface area contributed by atoms with Crippen LogP contribution in [-0.2, 0) is 4.79 Å². The zero-order chi connectivity index (χ0) is 14.5. The van der Waals surface area contributed by atoms with Crippen LogP contribution in [-0.4, -0.2) is 16.1 Å². The van der Waals surface area contributed by atoms with Gasteiger partial charge in [-0.1, -0.05) is 35.2 Å². The van der Waals surface area contributed by atoms with Gasteiger partial charge in [-0.3, -0.25) is 4.79 Å². The van der Waals surface area contributed by atoms with Crippen molar-refractivity contribution in [2.75, 3.05) is 5.32 Å². The molecule has 1 amide bonds. The van der Waals surface area contributed by atoms with E-state index in [9.17, 15) is 4.79 Å². The lowest BCUT2D eigenvalue weighted by molar-refractivity contribution is -0.114. The fraction of sp³-hybridized carbons (Fsp3) is 0.231. The third kappa shape index (κ3) is 3.79. The molecule has 0 aliphatic heterocycles. The topological polar surface area (TPSA) is 78.7 Å². The van der Waals surface area contributed by atoms with Gasteiger partial charge in [0.1, 0.15) is 0 Å². The second-order valence-corrected chi connectivity index (χ2v) is 6.62. The van der Waals surface area contributed by atoms with Gasteiger partial charge in [0.05, 0.1) is 11.6 Å². The minimum atomic E-state index is -0.160. The maximum absolute atomic E-state index is 10.9. The Morgan fingerprint density at radius 3 is 3.00 bits per heavy atom. The fourth-order valence-electron chi connectivity index (χ4n) is 1.54. The summed E-state index contributed by atoms with van der Waals surface area (Å²) in [5.41, 5.74) is 1.71. The standard InChI is InChI=1S/C13H12N4OS2/c1-8(11-5-3-4-10(6-11)7-14)19-13-17-16-12(20-13)15-9(2)18/h3-6,8H,1-2H3,(H,15,16,18). The van der Waals surface area contributed by atoms with Gasteiger partial charge in [-0.05, 0) is 24.6 Å². The van der Waals surface area contributed by atoms with Gasteiger partial charge in [0.15, 0.2) is 4.34 Å². The molecule has 5 nitrogen and oxygen atoms in total. The summed E-state index contributed by atoms with van der Waals surface area (Å²) in [6, 6.07) is 9.63. The quantitative estimate of drug-likeness (QED) is 0.693. The number of hydrogen-bond donors (Lipinski definition) is 1. The number of rotatable bonds is 4. The predicted molar refractivity (Wildman–Crippen MR) is 79.6 cm³/mol. The summed E-state index contributed by atoms with van der Waals surface area (Å²) in [7, 11) is 0. The third-order valence-electron chi connectivity index (χ3n) is 2.45. The lowest BCUT2D eigenvalue weighted by Crippen LogP contribution is -2.04. The van der Waals surface area contributed by atoms with Crippen LogP contribution in [0.4, 0.5) is 5.13 Å². The molecule has 7 heteroatoms. The minimum absolute atomic E-state index is 0.154. The van der Waals surface area contributed by atoms with Gasteiger partial charge in [0, 0.05) is 12.2 Å². The summed E-state index contributed by atoms with van der Waals surface area (Å²) < 4.78 is 0.781. The number of carbonyl (C=O) groups excluding carboxylic acids is 1. The largest absolute Gasteiger partial charge is 0.301 e. The Labute approximate surface area is 125 Å². The number of carbonyl (C=O) groups is 1. The van der Waals surface area contributed by atoms with Crippen LogP contribution in [0.15, 0.2) is 28.6 Å². The van der Waals surface area contributed by atoms with Crippen molar-refractivity contribution in [1.29, 1.82) is 5.26 Å². The minimum Gasteiger partial charge on any atom is -0.301 e. The summed E-state index contributed by atoms with van der Waals surface area (Å²) in [4.78, 5) is 10.9. The Kier molecular flexibility index (Phi) is 4.71. The number of nitrogens with one attached hydrogen (secondary N) is 1. The van der Waals surface area contributed by atoms with Gasteiger partial charge in [-0.25, -0.2) is 0 Å². The van der Waals surface area contributed by atoms with Crippen LogP contribution in [0.2, 0.25) is 0 Å². The molecule has 1 heterocycles. The number of nitriles is 1. The van der Waals surface area contributed by atoms with Crippen molar-refractivity contribution in [1.82, 2.24) is 10.2 Å². The van der Waals surface area contributed by atoms with Gasteiger partial charge in [0.2, 0.25) is 11.0 Å². The monoisotopic (exact) mass is 304 g/mol. The van der Waals surface area contributed by atoms with Crippen molar-refractivity contribution in [3.63, 3.8) is 0 Å². The highest BCUT2D eigenvalue weighted by Gasteiger charge is 2.12. The van der Waals surface area contributed by atoms with E-state index >= 15 is 0 Å². The summed E-state index contributed by atoms with van der Waals surface area (Å²) in [6.45, 7) is 3.48. The molecule has 1 unspecified atom stereocenters. The molecule has 1 aromatic heterocycles. The second-order valence-electron chi connectivity index (χ2n) is 4.05. The number of nitrogens with zero attached hydrogens (tertiary/aromatic N) is 3. The molecule has 20 heavy (non-hydrogen) atoms. The average molecular weight is 304 g/mol. The number of thioether (sulfide) groups is 1. The Hall–Kier alpha value is -1.91. The van der Waals surface area contributed by atoms with Crippen molar-refractivity contribution in [2.45, 2.75) is 23.4 Å². The SMILES string of the molecule is CC(=O)Nc1nnc(SC(C)c2cccc(C#N)c2)s1. The molecule has 1 N–H and O–H groups in total. The maximum atomic E-state index is 10.9. The fourth-order valence-corrected chi connectivity index (χ4v) is 3.60. The molecular formula is C13H12N4OS2. The highest BCUT2D eigenvalue weighted by Crippen LogP contribution is 2.37. The summed E-state index contributed by atoms with van der Waals surface area (Å²) >= 11 is 2.89. The van der Waals surface area contributed by atoms with E-state index in [0.717, 1.165) is 9.90 Å². The number of anilines is 1. The van der Waals surface area contributed by atoms with Crippen LogP contribution in [0.25, 0.3) is 0 Å². The maximum Gasteiger partial charge on any atom is 0.223 e. The number of benzene rings is 1. The van der Waals surface area contributed by atoms with E-state index in [1.807, 2.05) is 25.1 Å². The van der Waals surface area contributed by atoms with Crippen molar-refractivity contribution < 1.29 is 4.79 Å². The molecule has 2 rings (SSSR count). The first-order chi connectivity index (χ1) is 9.58. The lowest BCUT2D eigenvalue weighted by Gasteiger charge is -2.09. The Morgan fingerprint density at radius 2 is 2.30 bits per heavy atom. The van der Waals surface area contributed by atoms with Crippen LogP contribution < -0.4 is 5.32 Å². The summed E-state index contributed by atoms with van der Waals surface area (Å²) in [6.07, 6.45) is 0. The molecule has 2 aromatic rings. The molecule has 0 radical (unpaired) electrons. The van der Waals surface area contributed by atoms with Gasteiger partial charge in [0.25, 0.3) is 0 Å². The van der Waals surface area contributed by atoms with Gasteiger partial charge >= 0.3 is 0 Å². The number of aromatic nitrogens is 2. The normalized spacial score (nSPS) is 11.7. The van der Waals surface area contributed by atoms with Crippen molar-refractivity contribution in [3.8, 4) is 6.07 Å². The van der Waals surface area contributed by atoms with Crippen molar-refractivity contribution >= 4 is 34.1 Å². The number of amides is 1. The first-order valence-corrected chi connectivity index (χ1v) is 7.56. The molecule has 0 saturated heterocycles. The van der Waals surface area contributed by atoms with Gasteiger partial charge in [-0.2, -0.15) is 5.26 Å². The average Bonchev–Trinajstić information content (AvgIpc) is 2.85. The van der Waals surface area contributed by atoms with Crippen LogP contribution in [0.3, 0.4) is 0 Å². The van der Waals surface area contributed by atoms with Crippen molar-refractivity contribution in [2.24, 2.45) is 0 Å². The number of hydrogen-bond acceptors (Lipinski definition) is 6. The van der Waals surface area contributed by atoms with Gasteiger partial charge in [-0.15, -0.1) is 10.2 Å².